The molecule has 7 heteroatoms. The standard InChI is InChI=1S/C9H10FNO2.C9H17NO2/c10-7-3-1-6(2-4-7)5-8(11)9(12)13;10-7-9(6-8(11)12)4-2-1-3-5-9/h1-4,8H,5,11H2,(H,12,13);1-7,10H2,(H,11,12)/t8-;/m0./s1. The molecule has 25 heavy (non-hydrogen) atoms. The van der Waals surface area contributed by atoms with E-state index in [4.69, 9.17) is 21.7 Å². The van der Waals surface area contributed by atoms with E-state index in [0.29, 0.717) is 6.54 Å². The lowest BCUT2D eigenvalue weighted by molar-refractivity contribution is -0.140. The fourth-order valence-electron chi connectivity index (χ4n) is 3.04. The molecule has 0 aromatic heterocycles. The fourth-order valence-corrected chi connectivity index (χ4v) is 3.04. The Bertz CT molecular complexity index is 557. The number of aliphatic carboxylic acids is 2. The zero-order chi connectivity index (χ0) is 18.9. The van der Waals surface area contributed by atoms with Gasteiger partial charge in [-0.25, -0.2) is 4.39 Å². The molecule has 0 aliphatic heterocycles. The molecule has 1 saturated carbocycles. The smallest absolute Gasteiger partial charge is 0.320 e. The number of carboxylic acid groups (broad SMARTS) is 2. The van der Waals surface area contributed by atoms with Gasteiger partial charge in [0.1, 0.15) is 11.9 Å². The predicted molar refractivity (Wildman–Crippen MR) is 92.5 cm³/mol. The van der Waals surface area contributed by atoms with Gasteiger partial charge in [-0.1, -0.05) is 31.4 Å². The molecule has 0 saturated heterocycles. The molecule has 2 rings (SSSR count). The molecule has 6 nitrogen and oxygen atoms in total. The Morgan fingerprint density at radius 3 is 2.12 bits per heavy atom. The van der Waals surface area contributed by atoms with Gasteiger partial charge in [0.25, 0.3) is 0 Å². The van der Waals surface area contributed by atoms with Gasteiger partial charge in [0.2, 0.25) is 0 Å². The zero-order valence-electron chi connectivity index (χ0n) is 14.3. The van der Waals surface area contributed by atoms with Crippen LogP contribution >= 0.6 is 0 Å². The molecule has 1 fully saturated rings. The molecule has 1 aliphatic rings. The van der Waals surface area contributed by atoms with E-state index < -0.39 is 18.0 Å². The van der Waals surface area contributed by atoms with E-state index in [1.807, 2.05) is 0 Å². The van der Waals surface area contributed by atoms with Crippen LogP contribution < -0.4 is 11.5 Å². The van der Waals surface area contributed by atoms with Crippen LogP contribution in [0.3, 0.4) is 0 Å². The van der Waals surface area contributed by atoms with Crippen LogP contribution in [0.2, 0.25) is 0 Å². The second-order valence-electron chi connectivity index (χ2n) is 6.61. The SMILES string of the molecule is NCC1(CC(=O)O)CCCCC1.N[C@@H](Cc1ccc(F)cc1)C(=O)O. The molecule has 1 atom stereocenters. The third-order valence-electron chi connectivity index (χ3n) is 4.56. The second-order valence-corrected chi connectivity index (χ2v) is 6.61. The Morgan fingerprint density at radius 2 is 1.68 bits per heavy atom. The van der Waals surface area contributed by atoms with Crippen LogP contribution in [-0.2, 0) is 16.0 Å². The molecule has 0 amide bonds. The van der Waals surface area contributed by atoms with E-state index in [1.165, 1.54) is 30.7 Å². The second kappa shape index (κ2) is 10.1. The highest BCUT2D eigenvalue weighted by molar-refractivity contribution is 5.73. The molecule has 0 spiro atoms. The molecule has 0 unspecified atom stereocenters. The van der Waals surface area contributed by atoms with Crippen LogP contribution in [0.4, 0.5) is 4.39 Å². The average molecular weight is 354 g/mol. The summed E-state index contributed by atoms with van der Waals surface area (Å²) in [5.41, 5.74) is 11.6. The first-order valence-corrected chi connectivity index (χ1v) is 8.43. The van der Waals surface area contributed by atoms with Gasteiger partial charge in [-0.2, -0.15) is 0 Å². The van der Waals surface area contributed by atoms with Crippen LogP contribution in [-0.4, -0.2) is 34.7 Å². The van der Waals surface area contributed by atoms with Gasteiger partial charge < -0.3 is 21.7 Å². The van der Waals surface area contributed by atoms with E-state index >= 15 is 0 Å². The Kier molecular flexibility index (Phi) is 8.51. The minimum absolute atomic E-state index is 0.0793. The van der Waals surface area contributed by atoms with Gasteiger partial charge in [0.05, 0.1) is 6.42 Å². The molecule has 0 radical (unpaired) electrons. The van der Waals surface area contributed by atoms with Crippen molar-refractivity contribution in [1.82, 2.24) is 0 Å². The molecular formula is C18H27FN2O4. The van der Waals surface area contributed by atoms with Crippen LogP contribution in [0.5, 0.6) is 0 Å². The predicted octanol–water partition coefficient (Wildman–Crippen LogP) is 2.15. The summed E-state index contributed by atoms with van der Waals surface area (Å²) in [6.45, 7) is 0.527. The van der Waals surface area contributed by atoms with Crippen molar-refractivity contribution in [3.8, 4) is 0 Å². The first-order chi connectivity index (χ1) is 11.8. The van der Waals surface area contributed by atoms with E-state index in [2.05, 4.69) is 0 Å². The quantitative estimate of drug-likeness (QED) is 0.620. The highest BCUT2D eigenvalue weighted by atomic mass is 19.1. The lowest BCUT2D eigenvalue weighted by Crippen LogP contribution is -2.34. The lowest BCUT2D eigenvalue weighted by atomic mass is 9.72. The third kappa shape index (κ3) is 7.62. The number of hydrogen-bond donors (Lipinski definition) is 4. The molecule has 1 aliphatic carbocycles. The van der Waals surface area contributed by atoms with Crippen LogP contribution in [0, 0.1) is 11.2 Å². The molecule has 6 N–H and O–H groups in total. The molecule has 0 bridgehead atoms. The Balaban J connectivity index is 0.000000251. The molecule has 1 aromatic rings. The highest BCUT2D eigenvalue weighted by Gasteiger charge is 2.32. The molecule has 1 aromatic carbocycles. The third-order valence-corrected chi connectivity index (χ3v) is 4.56. The first-order valence-electron chi connectivity index (χ1n) is 8.43. The molecular weight excluding hydrogens is 327 g/mol. The summed E-state index contributed by atoms with van der Waals surface area (Å²) < 4.78 is 12.4. The Morgan fingerprint density at radius 1 is 1.12 bits per heavy atom. The monoisotopic (exact) mass is 354 g/mol. The number of benzene rings is 1. The van der Waals surface area contributed by atoms with Crippen molar-refractivity contribution < 1.29 is 24.2 Å². The van der Waals surface area contributed by atoms with Crippen molar-refractivity contribution in [2.75, 3.05) is 6.54 Å². The lowest BCUT2D eigenvalue weighted by Gasteiger charge is -2.34. The number of hydrogen-bond acceptors (Lipinski definition) is 4. The normalized spacial score (nSPS) is 17.1. The average Bonchev–Trinajstić information content (AvgIpc) is 2.57. The van der Waals surface area contributed by atoms with Gasteiger partial charge in [0.15, 0.2) is 0 Å². The van der Waals surface area contributed by atoms with Gasteiger partial charge in [-0.05, 0) is 48.9 Å². The van der Waals surface area contributed by atoms with Crippen LogP contribution in [0.25, 0.3) is 0 Å². The minimum Gasteiger partial charge on any atom is -0.481 e. The number of rotatable bonds is 6. The van der Waals surface area contributed by atoms with E-state index in [0.717, 1.165) is 31.2 Å². The maximum absolute atomic E-state index is 12.4. The van der Waals surface area contributed by atoms with Crippen molar-refractivity contribution in [2.24, 2.45) is 16.9 Å². The van der Waals surface area contributed by atoms with Crippen LogP contribution in [0.1, 0.15) is 44.1 Å². The first kappa shape index (κ1) is 21.1. The highest BCUT2D eigenvalue weighted by Crippen LogP contribution is 2.38. The van der Waals surface area contributed by atoms with E-state index in [-0.39, 0.29) is 24.1 Å². The van der Waals surface area contributed by atoms with Crippen molar-refractivity contribution in [3.63, 3.8) is 0 Å². The topological polar surface area (TPSA) is 127 Å². The number of carbonyl (C=O) groups is 2. The van der Waals surface area contributed by atoms with Gasteiger partial charge in [-0.3, -0.25) is 9.59 Å². The molecule has 0 heterocycles. The van der Waals surface area contributed by atoms with Crippen molar-refractivity contribution in [3.05, 3.63) is 35.6 Å². The Hall–Kier alpha value is -1.99. The Labute approximate surface area is 147 Å². The minimum atomic E-state index is -1.05. The van der Waals surface area contributed by atoms with E-state index in [9.17, 15) is 14.0 Å². The van der Waals surface area contributed by atoms with Crippen molar-refractivity contribution in [1.29, 1.82) is 0 Å². The number of halogens is 1. The maximum atomic E-state index is 12.4. The van der Waals surface area contributed by atoms with Crippen LogP contribution in [0.15, 0.2) is 24.3 Å². The van der Waals surface area contributed by atoms with E-state index in [1.54, 1.807) is 0 Å². The van der Waals surface area contributed by atoms with Crippen molar-refractivity contribution in [2.45, 2.75) is 51.0 Å². The summed E-state index contributed by atoms with van der Waals surface area (Å²) >= 11 is 0. The maximum Gasteiger partial charge on any atom is 0.320 e. The van der Waals surface area contributed by atoms with Gasteiger partial charge in [0, 0.05) is 0 Å². The fraction of sp³-hybridized carbons (Fsp3) is 0.556. The molecule has 140 valence electrons. The summed E-state index contributed by atoms with van der Waals surface area (Å²) in [4.78, 5) is 20.9. The zero-order valence-corrected chi connectivity index (χ0v) is 14.3. The number of carboxylic acids is 2. The largest absolute Gasteiger partial charge is 0.481 e. The summed E-state index contributed by atoms with van der Waals surface area (Å²) in [5.74, 6) is -2.10. The van der Waals surface area contributed by atoms with Gasteiger partial charge in [-0.15, -0.1) is 0 Å². The summed E-state index contributed by atoms with van der Waals surface area (Å²) in [6, 6.07) is 4.69. The van der Waals surface area contributed by atoms with Gasteiger partial charge >= 0.3 is 11.9 Å². The summed E-state index contributed by atoms with van der Waals surface area (Å²) in [6.07, 6.45) is 5.99. The summed E-state index contributed by atoms with van der Waals surface area (Å²) in [5, 5.41) is 17.2. The summed E-state index contributed by atoms with van der Waals surface area (Å²) in [7, 11) is 0. The van der Waals surface area contributed by atoms with Crippen molar-refractivity contribution >= 4 is 11.9 Å². The number of nitrogens with two attached hydrogens (primary N) is 2.